The minimum atomic E-state index is -0.552. The number of piperidine rings is 1. The molecule has 0 spiro atoms. The van der Waals surface area contributed by atoms with Gasteiger partial charge in [-0.3, -0.25) is 4.79 Å². The van der Waals surface area contributed by atoms with Gasteiger partial charge in [0, 0.05) is 19.7 Å². The summed E-state index contributed by atoms with van der Waals surface area (Å²) in [6.45, 7) is 6.27. The lowest BCUT2D eigenvalue weighted by molar-refractivity contribution is -0.124. The van der Waals surface area contributed by atoms with Gasteiger partial charge >= 0.3 is 0 Å². The van der Waals surface area contributed by atoms with Crippen molar-refractivity contribution in [3.8, 4) is 0 Å². The second-order valence-corrected chi connectivity index (χ2v) is 4.98. The monoisotopic (exact) mass is 244 g/mol. The highest BCUT2D eigenvalue weighted by atomic mass is 16.5. The summed E-state index contributed by atoms with van der Waals surface area (Å²) in [4.78, 5) is 11.4. The fourth-order valence-corrected chi connectivity index (χ4v) is 1.74. The summed E-state index contributed by atoms with van der Waals surface area (Å²) >= 11 is 0. The largest absolute Gasteiger partial charge is 0.389 e. The van der Waals surface area contributed by atoms with Crippen LogP contribution in [0.5, 0.6) is 0 Å². The minimum absolute atomic E-state index is 0.0338. The summed E-state index contributed by atoms with van der Waals surface area (Å²) in [6, 6.07) is -0.163. The molecule has 17 heavy (non-hydrogen) atoms. The van der Waals surface area contributed by atoms with Gasteiger partial charge in [0.1, 0.15) is 0 Å². The Hall–Kier alpha value is -0.650. The molecule has 0 aromatic rings. The SMILES string of the molecule is CC(C)COCC(O)CNC1CCCNC1=O. The number of hydrogen-bond acceptors (Lipinski definition) is 4. The number of carbonyl (C=O) groups excluding carboxylic acids is 1. The molecule has 0 radical (unpaired) electrons. The zero-order valence-electron chi connectivity index (χ0n) is 10.7. The number of aliphatic hydroxyl groups excluding tert-OH is 1. The number of amides is 1. The van der Waals surface area contributed by atoms with Gasteiger partial charge in [-0.1, -0.05) is 13.8 Å². The third-order valence-electron chi connectivity index (χ3n) is 2.65. The Morgan fingerprint density at radius 2 is 2.29 bits per heavy atom. The molecule has 1 rings (SSSR count). The van der Waals surface area contributed by atoms with E-state index in [1.165, 1.54) is 0 Å². The Bertz CT molecular complexity index is 234. The molecule has 1 fully saturated rings. The number of nitrogens with one attached hydrogen (secondary N) is 2. The molecule has 1 saturated heterocycles. The van der Waals surface area contributed by atoms with Crippen LogP contribution in [0.25, 0.3) is 0 Å². The fourth-order valence-electron chi connectivity index (χ4n) is 1.74. The Kier molecular flexibility index (Phi) is 6.47. The molecule has 1 amide bonds. The van der Waals surface area contributed by atoms with Crippen molar-refractivity contribution in [3.63, 3.8) is 0 Å². The van der Waals surface area contributed by atoms with E-state index in [-0.39, 0.29) is 11.9 Å². The maximum absolute atomic E-state index is 11.4. The van der Waals surface area contributed by atoms with Gasteiger partial charge in [-0.25, -0.2) is 0 Å². The predicted octanol–water partition coefficient (Wildman–Crippen LogP) is -0.112. The van der Waals surface area contributed by atoms with Crippen molar-refractivity contribution < 1.29 is 14.6 Å². The predicted molar refractivity (Wildman–Crippen MR) is 65.7 cm³/mol. The van der Waals surface area contributed by atoms with Crippen molar-refractivity contribution in [2.45, 2.75) is 38.8 Å². The maximum Gasteiger partial charge on any atom is 0.237 e. The molecule has 0 aromatic heterocycles. The van der Waals surface area contributed by atoms with Gasteiger partial charge in [0.25, 0.3) is 0 Å². The van der Waals surface area contributed by atoms with Crippen LogP contribution in [-0.4, -0.2) is 49.5 Å². The van der Waals surface area contributed by atoms with E-state index in [0.29, 0.717) is 25.7 Å². The average molecular weight is 244 g/mol. The molecule has 100 valence electrons. The lowest BCUT2D eigenvalue weighted by Crippen LogP contribution is -2.50. The third-order valence-corrected chi connectivity index (χ3v) is 2.65. The van der Waals surface area contributed by atoms with Gasteiger partial charge in [-0.05, 0) is 18.8 Å². The van der Waals surface area contributed by atoms with Crippen LogP contribution >= 0.6 is 0 Å². The Morgan fingerprint density at radius 1 is 1.53 bits per heavy atom. The molecule has 1 heterocycles. The van der Waals surface area contributed by atoms with Crippen molar-refractivity contribution in [1.29, 1.82) is 0 Å². The molecule has 5 nitrogen and oxygen atoms in total. The number of carbonyl (C=O) groups is 1. The Labute approximate surface area is 103 Å². The number of ether oxygens (including phenoxy) is 1. The molecular weight excluding hydrogens is 220 g/mol. The van der Waals surface area contributed by atoms with Crippen molar-refractivity contribution >= 4 is 5.91 Å². The summed E-state index contributed by atoms with van der Waals surface area (Å²) in [5.74, 6) is 0.505. The van der Waals surface area contributed by atoms with E-state index >= 15 is 0 Å². The van der Waals surface area contributed by atoms with E-state index in [1.807, 2.05) is 0 Å². The molecule has 5 heteroatoms. The molecule has 0 bridgehead atoms. The zero-order chi connectivity index (χ0) is 12.7. The van der Waals surface area contributed by atoms with Gasteiger partial charge in [-0.15, -0.1) is 0 Å². The molecule has 0 aromatic carbocycles. The zero-order valence-corrected chi connectivity index (χ0v) is 10.7. The highest BCUT2D eigenvalue weighted by Crippen LogP contribution is 2.02. The van der Waals surface area contributed by atoms with Crippen molar-refractivity contribution in [3.05, 3.63) is 0 Å². The molecule has 0 aliphatic carbocycles. The second-order valence-electron chi connectivity index (χ2n) is 4.98. The van der Waals surface area contributed by atoms with Crippen LogP contribution < -0.4 is 10.6 Å². The summed E-state index contributed by atoms with van der Waals surface area (Å²) in [5.41, 5.74) is 0. The average Bonchev–Trinajstić information content (AvgIpc) is 2.27. The molecular formula is C12H24N2O3. The molecule has 3 N–H and O–H groups in total. The highest BCUT2D eigenvalue weighted by molar-refractivity contribution is 5.82. The molecule has 0 saturated carbocycles. The Balaban J connectivity index is 2.10. The van der Waals surface area contributed by atoms with E-state index in [2.05, 4.69) is 24.5 Å². The molecule has 1 aliphatic heterocycles. The van der Waals surface area contributed by atoms with Crippen LogP contribution in [0.15, 0.2) is 0 Å². The summed E-state index contributed by atoms with van der Waals surface area (Å²) in [7, 11) is 0. The van der Waals surface area contributed by atoms with Crippen LogP contribution in [0.4, 0.5) is 0 Å². The molecule has 1 aliphatic rings. The number of hydrogen-bond donors (Lipinski definition) is 3. The number of aliphatic hydroxyl groups is 1. The first kappa shape index (κ1) is 14.4. The van der Waals surface area contributed by atoms with Crippen molar-refractivity contribution in [2.24, 2.45) is 5.92 Å². The van der Waals surface area contributed by atoms with Crippen LogP contribution in [0.2, 0.25) is 0 Å². The van der Waals surface area contributed by atoms with Gasteiger partial charge in [0.05, 0.1) is 18.8 Å². The fraction of sp³-hybridized carbons (Fsp3) is 0.917. The van der Waals surface area contributed by atoms with E-state index in [9.17, 15) is 9.90 Å². The van der Waals surface area contributed by atoms with E-state index in [1.54, 1.807) is 0 Å². The van der Waals surface area contributed by atoms with E-state index < -0.39 is 6.10 Å². The normalized spacial score (nSPS) is 22.6. The lowest BCUT2D eigenvalue weighted by atomic mass is 10.1. The lowest BCUT2D eigenvalue weighted by Gasteiger charge is -2.24. The van der Waals surface area contributed by atoms with Crippen molar-refractivity contribution in [1.82, 2.24) is 10.6 Å². The molecule has 2 unspecified atom stereocenters. The molecule has 2 atom stereocenters. The topological polar surface area (TPSA) is 70.6 Å². The van der Waals surface area contributed by atoms with E-state index in [4.69, 9.17) is 4.74 Å². The number of rotatable bonds is 7. The highest BCUT2D eigenvalue weighted by Gasteiger charge is 2.21. The quantitative estimate of drug-likeness (QED) is 0.584. The third kappa shape index (κ3) is 6.00. The summed E-state index contributed by atoms with van der Waals surface area (Å²) < 4.78 is 5.33. The van der Waals surface area contributed by atoms with Crippen LogP contribution in [0.1, 0.15) is 26.7 Å². The van der Waals surface area contributed by atoms with Crippen LogP contribution in [0, 0.1) is 5.92 Å². The smallest absolute Gasteiger partial charge is 0.237 e. The van der Waals surface area contributed by atoms with E-state index in [0.717, 1.165) is 19.4 Å². The maximum atomic E-state index is 11.4. The van der Waals surface area contributed by atoms with Crippen LogP contribution in [-0.2, 0) is 9.53 Å². The second kappa shape index (κ2) is 7.63. The summed E-state index contributed by atoms with van der Waals surface area (Å²) in [5, 5.41) is 15.5. The first-order valence-electron chi connectivity index (χ1n) is 6.36. The first-order chi connectivity index (χ1) is 8.09. The van der Waals surface area contributed by atoms with Crippen molar-refractivity contribution in [2.75, 3.05) is 26.3 Å². The minimum Gasteiger partial charge on any atom is -0.389 e. The Morgan fingerprint density at radius 3 is 2.94 bits per heavy atom. The van der Waals surface area contributed by atoms with Gasteiger partial charge in [0.2, 0.25) is 5.91 Å². The standard InChI is InChI=1S/C12H24N2O3/c1-9(2)7-17-8-10(15)6-14-11-4-3-5-13-12(11)16/h9-11,14-15H,3-8H2,1-2H3,(H,13,16). The van der Waals surface area contributed by atoms with Gasteiger partial charge in [-0.2, -0.15) is 0 Å². The van der Waals surface area contributed by atoms with Crippen LogP contribution in [0.3, 0.4) is 0 Å². The summed E-state index contributed by atoms with van der Waals surface area (Å²) in [6.07, 6.45) is 1.28. The first-order valence-corrected chi connectivity index (χ1v) is 6.36. The van der Waals surface area contributed by atoms with Gasteiger partial charge in [0.15, 0.2) is 0 Å². The van der Waals surface area contributed by atoms with Gasteiger partial charge < -0.3 is 20.5 Å².